The van der Waals surface area contributed by atoms with E-state index in [0.717, 1.165) is 25.9 Å². The van der Waals surface area contributed by atoms with Crippen LogP contribution in [-0.4, -0.2) is 28.1 Å². The van der Waals surface area contributed by atoms with Gasteiger partial charge in [0.25, 0.3) is 0 Å². The lowest BCUT2D eigenvalue weighted by Crippen LogP contribution is -2.27. The summed E-state index contributed by atoms with van der Waals surface area (Å²) < 4.78 is 27.1. The molecule has 0 radical (unpaired) electrons. The summed E-state index contributed by atoms with van der Waals surface area (Å²) in [5.74, 6) is 0.555. The Morgan fingerprint density at radius 3 is 2.81 bits per heavy atom. The number of aryl methyl sites for hydroxylation is 1. The van der Waals surface area contributed by atoms with Crippen LogP contribution in [0.5, 0.6) is 0 Å². The van der Waals surface area contributed by atoms with Crippen molar-refractivity contribution in [3.8, 4) is 6.07 Å². The van der Waals surface area contributed by atoms with Crippen molar-refractivity contribution < 1.29 is 8.42 Å². The molecule has 1 saturated heterocycles. The molecular formula is C14H20ClN3O2S. The number of hydrogen-bond donors (Lipinski definition) is 2. The lowest BCUT2D eigenvalue weighted by Gasteiger charge is -2.11. The van der Waals surface area contributed by atoms with Crippen LogP contribution in [0.2, 0.25) is 0 Å². The number of nitrogens with one attached hydrogen (secondary N) is 2. The molecule has 1 fully saturated rings. The molecule has 0 spiro atoms. The summed E-state index contributed by atoms with van der Waals surface area (Å²) in [5.41, 5.74) is 1.07. The molecule has 0 aliphatic carbocycles. The van der Waals surface area contributed by atoms with Gasteiger partial charge in [-0.1, -0.05) is 0 Å². The van der Waals surface area contributed by atoms with Gasteiger partial charge in [0.1, 0.15) is 0 Å². The molecule has 1 aromatic rings. The summed E-state index contributed by atoms with van der Waals surface area (Å²) >= 11 is 0. The Bertz CT molecular complexity index is 620. The van der Waals surface area contributed by atoms with Crippen LogP contribution in [0.15, 0.2) is 23.1 Å². The lowest BCUT2D eigenvalue weighted by molar-refractivity contribution is 0.519. The number of hydrogen-bond acceptors (Lipinski definition) is 4. The molecule has 0 amide bonds. The van der Waals surface area contributed by atoms with Crippen LogP contribution in [0.4, 0.5) is 0 Å². The van der Waals surface area contributed by atoms with Crippen molar-refractivity contribution in [3.63, 3.8) is 0 Å². The summed E-state index contributed by atoms with van der Waals surface area (Å²) in [6, 6.07) is 6.62. The van der Waals surface area contributed by atoms with Gasteiger partial charge in [0.2, 0.25) is 10.0 Å². The van der Waals surface area contributed by atoms with E-state index in [1.54, 1.807) is 13.0 Å². The van der Waals surface area contributed by atoms with Gasteiger partial charge in [-0.2, -0.15) is 5.26 Å². The minimum absolute atomic E-state index is 0. The largest absolute Gasteiger partial charge is 0.316 e. The van der Waals surface area contributed by atoms with Gasteiger partial charge in [-0.25, -0.2) is 13.1 Å². The fourth-order valence-corrected chi connectivity index (χ4v) is 3.73. The molecule has 2 rings (SSSR count). The van der Waals surface area contributed by atoms with Crippen molar-refractivity contribution in [2.24, 2.45) is 5.92 Å². The van der Waals surface area contributed by atoms with Gasteiger partial charge in [-0.05, 0) is 62.5 Å². The van der Waals surface area contributed by atoms with Crippen LogP contribution in [0.1, 0.15) is 24.0 Å². The van der Waals surface area contributed by atoms with Crippen LogP contribution in [0.3, 0.4) is 0 Å². The first kappa shape index (κ1) is 17.9. The van der Waals surface area contributed by atoms with Gasteiger partial charge < -0.3 is 5.32 Å². The third-order valence-corrected chi connectivity index (χ3v) is 5.22. The summed E-state index contributed by atoms with van der Waals surface area (Å²) in [5, 5.41) is 12.1. The van der Waals surface area contributed by atoms with Crippen molar-refractivity contribution in [2.45, 2.75) is 24.7 Å². The molecule has 1 aromatic carbocycles. The van der Waals surface area contributed by atoms with Crippen molar-refractivity contribution in [2.75, 3.05) is 19.6 Å². The maximum atomic E-state index is 12.2. The van der Waals surface area contributed by atoms with Crippen molar-refractivity contribution in [3.05, 3.63) is 29.3 Å². The Labute approximate surface area is 132 Å². The average Bonchev–Trinajstić information content (AvgIpc) is 2.91. The third kappa shape index (κ3) is 4.68. The van der Waals surface area contributed by atoms with E-state index in [4.69, 9.17) is 5.26 Å². The maximum Gasteiger partial charge on any atom is 0.240 e. The fraction of sp³-hybridized carbons (Fsp3) is 0.500. The van der Waals surface area contributed by atoms with Gasteiger partial charge in [0, 0.05) is 6.54 Å². The van der Waals surface area contributed by atoms with Crippen molar-refractivity contribution in [1.82, 2.24) is 10.0 Å². The predicted octanol–water partition coefficient (Wildman–Crippen LogP) is 1.57. The van der Waals surface area contributed by atoms with Crippen LogP contribution in [-0.2, 0) is 10.0 Å². The molecule has 0 bridgehead atoms. The first-order chi connectivity index (χ1) is 9.53. The van der Waals surface area contributed by atoms with Gasteiger partial charge in [-0.15, -0.1) is 12.4 Å². The van der Waals surface area contributed by atoms with Gasteiger partial charge >= 0.3 is 0 Å². The van der Waals surface area contributed by atoms with Crippen LogP contribution >= 0.6 is 12.4 Å². The molecule has 1 atom stereocenters. The molecule has 0 saturated carbocycles. The Morgan fingerprint density at radius 1 is 1.48 bits per heavy atom. The Morgan fingerprint density at radius 2 is 2.24 bits per heavy atom. The van der Waals surface area contributed by atoms with Crippen molar-refractivity contribution in [1.29, 1.82) is 5.26 Å². The van der Waals surface area contributed by atoms with Gasteiger partial charge in [0.15, 0.2) is 0 Å². The molecule has 1 unspecified atom stereocenters. The zero-order valence-electron chi connectivity index (χ0n) is 11.9. The molecule has 7 heteroatoms. The SMILES string of the molecule is Cc1cc(C#N)ccc1S(=O)(=O)NCCC1CCNC1.Cl. The second-order valence-corrected chi connectivity index (χ2v) is 6.87. The summed E-state index contributed by atoms with van der Waals surface area (Å²) in [4.78, 5) is 0.251. The Balaban J connectivity index is 0.00000220. The quantitative estimate of drug-likeness (QED) is 0.859. The number of nitrogens with zero attached hydrogens (tertiary/aromatic N) is 1. The smallest absolute Gasteiger partial charge is 0.240 e. The number of halogens is 1. The second-order valence-electron chi connectivity index (χ2n) is 5.14. The average molecular weight is 330 g/mol. The summed E-state index contributed by atoms with van der Waals surface area (Å²) in [6.45, 7) is 4.15. The fourth-order valence-electron chi connectivity index (χ4n) is 2.46. The predicted molar refractivity (Wildman–Crippen MR) is 83.9 cm³/mol. The lowest BCUT2D eigenvalue weighted by atomic mass is 10.1. The first-order valence-corrected chi connectivity index (χ1v) is 8.22. The van der Waals surface area contributed by atoms with E-state index in [9.17, 15) is 8.42 Å². The third-order valence-electron chi connectivity index (χ3n) is 3.60. The van der Waals surface area contributed by atoms with E-state index in [1.165, 1.54) is 12.1 Å². The highest BCUT2D eigenvalue weighted by Crippen LogP contribution is 2.17. The van der Waals surface area contributed by atoms with Crippen molar-refractivity contribution >= 4 is 22.4 Å². The van der Waals surface area contributed by atoms with Crippen LogP contribution in [0, 0.1) is 24.2 Å². The highest BCUT2D eigenvalue weighted by Gasteiger charge is 2.19. The molecule has 21 heavy (non-hydrogen) atoms. The molecule has 116 valence electrons. The zero-order valence-corrected chi connectivity index (χ0v) is 13.6. The minimum Gasteiger partial charge on any atom is -0.316 e. The standard InChI is InChI=1S/C14H19N3O2S.ClH/c1-11-8-13(9-15)2-3-14(11)20(18,19)17-7-5-12-4-6-16-10-12;/h2-3,8,12,16-17H,4-7,10H2,1H3;1H. The molecule has 1 aliphatic heterocycles. The second kappa shape index (κ2) is 7.76. The Kier molecular flexibility index (Phi) is 6.62. The van der Waals surface area contributed by atoms with E-state index >= 15 is 0 Å². The van der Waals surface area contributed by atoms with Crippen LogP contribution in [0.25, 0.3) is 0 Å². The molecule has 5 nitrogen and oxygen atoms in total. The van der Waals surface area contributed by atoms with E-state index < -0.39 is 10.0 Å². The molecule has 1 heterocycles. The number of nitriles is 1. The van der Waals surface area contributed by atoms with Crippen LogP contribution < -0.4 is 10.0 Å². The first-order valence-electron chi connectivity index (χ1n) is 6.74. The normalized spacial score (nSPS) is 18.0. The van der Waals surface area contributed by atoms with E-state index in [0.29, 0.717) is 23.6 Å². The highest BCUT2D eigenvalue weighted by atomic mass is 35.5. The summed E-state index contributed by atoms with van der Waals surface area (Å²) in [6.07, 6.45) is 1.96. The summed E-state index contributed by atoms with van der Waals surface area (Å²) in [7, 11) is -3.49. The number of rotatable bonds is 5. The molecule has 0 aromatic heterocycles. The highest BCUT2D eigenvalue weighted by molar-refractivity contribution is 7.89. The van der Waals surface area contributed by atoms with E-state index in [2.05, 4.69) is 10.0 Å². The Hall–Kier alpha value is -1.13. The maximum absolute atomic E-state index is 12.2. The topological polar surface area (TPSA) is 82.0 Å². The van der Waals surface area contributed by atoms with E-state index in [-0.39, 0.29) is 17.3 Å². The van der Waals surface area contributed by atoms with Gasteiger partial charge in [0.05, 0.1) is 16.5 Å². The van der Waals surface area contributed by atoms with Gasteiger partial charge in [-0.3, -0.25) is 0 Å². The number of sulfonamides is 1. The monoisotopic (exact) mass is 329 g/mol. The molecular weight excluding hydrogens is 310 g/mol. The van der Waals surface area contributed by atoms with E-state index in [1.807, 2.05) is 6.07 Å². The molecule has 1 aliphatic rings. The minimum atomic E-state index is -3.49. The molecule has 2 N–H and O–H groups in total. The number of benzene rings is 1. The zero-order chi connectivity index (χ0) is 14.6.